The van der Waals surface area contributed by atoms with Crippen LogP contribution in [0, 0.1) is 23.7 Å². The molecular weight excluding hydrogens is 182 g/mol. The SMILES string of the molecule is CCCCNC1C2CC3CC(C2)CC1C3. The molecule has 4 aliphatic rings. The molecule has 4 saturated carbocycles. The maximum absolute atomic E-state index is 3.87. The third-order valence-corrected chi connectivity index (χ3v) is 5.14. The zero-order chi connectivity index (χ0) is 10.3. The molecule has 0 spiro atoms. The molecule has 1 nitrogen and oxygen atoms in total. The molecule has 15 heavy (non-hydrogen) atoms. The summed E-state index contributed by atoms with van der Waals surface area (Å²) in [7, 11) is 0. The summed E-state index contributed by atoms with van der Waals surface area (Å²) in [4.78, 5) is 0. The fourth-order valence-electron chi connectivity index (χ4n) is 4.70. The summed E-state index contributed by atoms with van der Waals surface area (Å²) in [6.07, 6.45) is 10.5. The minimum atomic E-state index is 0.907. The number of rotatable bonds is 4. The normalized spacial score (nSPS) is 47.4. The maximum atomic E-state index is 3.87. The second-order valence-electron chi connectivity index (χ2n) is 6.26. The Balaban J connectivity index is 1.60. The first-order chi connectivity index (χ1) is 7.36. The maximum Gasteiger partial charge on any atom is 0.0124 e. The van der Waals surface area contributed by atoms with Crippen molar-refractivity contribution in [2.75, 3.05) is 6.54 Å². The summed E-state index contributed by atoms with van der Waals surface area (Å²) in [5.74, 6) is 4.35. The fraction of sp³-hybridized carbons (Fsp3) is 1.00. The molecule has 1 N–H and O–H groups in total. The zero-order valence-corrected chi connectivity index (χ0v) is 10.0. The summed E-state index contributed by atoms with van der Waals surface area (Å²) in [5, 5.41) is 3.87. The van der Waals surface area contributed by atoms with Gasteiger partial charge in [0.25, 0.3) is 0 Å². The monoisotopic (exact) mass is 207 g/mol. The average Bonchev–Trinajstić information content (AvgIpc) is 2.21. The van der Waals surface area contributed by atoms with Crippen LogP contribution in [0.1, 0.15) is 51.9 Å². The first-order valence-electron chi connectivity index (χ1n) is 7.10. The molecule has 1 heteroatoms. The fourth-order valence-corrected chi connectivity index (χ4v) is 4.70. The van der Waals surface area contributed by atoms with E-state index in [1.54, 1.807) is 32.1 Å². The van der Waals surface area contributed by atoms with E-state index in [0.29, 0.717) is 0 Å². The van der Waals surface area contributed by atoms with E-state index in [4.69, 9.17) is 0 Å². The molecule has 86 valence electrons. The average molecular weight is 207 g/mol. The van der Waals surface area contributed by atoms with Crippen LogP contribution in [0.3, 0.4) is 0 Å². The molecular formula is C14H25N. The molecule has 0 saturated heterocycles. The van der Waals surface area contributed by atoms with Gasteiger partial charge in [0, 0.05) is 6.04 Å². The lowest BCUT2D eigenvalue weighted by Crippen LogP contribution is -2.54. The van der Waals surface area contributed by atoms with E-state index in [1.807, 2.05) is 0 Å². The Labute approximate surface area is 94.0 Å². The van der Waals surface area contributed by atoms with Crippen LogP contribution in [0.5, 0.6) is 0 Å². The molecule has 0 atom stereocenters. The third-order valence-electron chi connectivity index (χ3n) is 5.14. The Bertz CT molecular complexity index is 195. The van der Waals surface area contributed by atoms with Crippen LogP contribution in [0.15, 0.2) is 0 Å². The molecule has 0 aliphatic heterocycles. The standard InChI is InChI=1S/C14H25N/c1-2-3-4-15-14-12-6-10-5-11(8-12)9-13(14)7-10/h10-15H,2-9H2,1H3. The number of unbranched alkanes of at least 4 members (excludes halogenated alkanes) is 1. The molecule has 4 bridgehead atoms. The molecule has 4 fully saturated rings. The van der Waals surface area contributed by atoms with Crippen molar-refractivity contribution in [3.63, 3.8) is 0 Å². The second kappa shape index (κ2) is 4.08. The van der Waals surface area contributed by atoms with Gasteiger partial charge < -0.3 is 5.32 Å². The van der Waals surface area contributed by atoms with Crippen LogP contribution < -0.4 is 5.32 Å². The van der Waals surface area contributed by atoms with E-state index in [0.717, 1.165) is 29.7 Å². The summed E-state index contributed by atoms with van der Waals surface area (Å²) in [6, 6.07) is 0.907. The summed E-state index contributed by atoms with van der Waals surface area (Å²) >= 11 is 0. The van der Waals surface area contributed by atoms with Crippen molar-refractivity contribution in [2.24, 2.45) is 23.7 Å². The molecule has 0 heterocycles. The molecule has 0 aromatic heterocycles. The van der Waals surface area contributed by atoms with Crippen LogP contribution in [-0.4, -0.2) is 12.6 Å². The Morgan fingerprint density at radius 2 is 1.53 bits per heavy atom. The van der Waals surface area contributed by atoms with Crippen molar-refractivity contribution in [1.82, 2.24) is 5.32 Å². The van der Waals surface area contributed by atoms with Crippen molar-refractivity contribution in [3.05, 3.63) is 0 Å². The van der Waals surface area contributed by atoms with Crippen molar-refractivity contribution < 1.29 is 0 Å². The highest BCUT2D eigenvalue weighted by molar-refractivity contribution is 5.01. The minimum Gasteiger partial charge on any atom is -0.313 e. The van der Waals surface area contributed by atoms with Gasteiger partial charge in [0.2, 0.25) is 0 Å². The molecule has 0 aromatic carbocycles. The minimum absolute atomic E-state index is 0.907. The lowest BCUT2D eigenvalue weighted by molar-refractivity contribution is -0.0135. The third kappa shape index (κ3) is 1.84. The van der Waals surface area contributed by atoms with Gasteiger partial charge in [-0.2, -0.15) is 0 Å². The predicted molar refractivity (Wildman–Crippen MR) is 63.7 cm³/mol. The number of hydrogen-bond donors (Lipinski definition) is 1. The van der Waals surface area contributed by atoms with Crippen LogP contribution in [-0.2, 0) is 0 Å². The van der Waals surface area contributed by atoms with E-state index >= 15 is 0 Å². The highest BCUT2D eigenvalue weighted by Gasteiger charge is 2.47. The van der Waals surface area contributed by atoms with E-state index in [-0.39, 0.29) is 0 Å². The Morgan fingerprint density at radius 3 is 2.07 bits per heavy atom. The van der Waals surface area contributed by atoms with Gasteiger partial charge in [0.1, 0.15) is 0 Å². The van der Waals surface area contributed by atoms with Crippen molar-refractivity contribution in [3.8, 4) is 0 Å². The Morgan fingerprint density at radius 1 is 0.933 bits per heavy atom. The van der Waals surface area contributed by atoms with Crippen molar-refractivity contribution in [2.45, 2.75) is 57.9 Å². The first-order valence-corrected chi connectivity index (χ1v) is 7.10. The van der Waals surface area contributed by atoms with E-state index in [9.17, 15) is 0 Å². The van der Waals surface area contributed by atoms with Crippen LogP contribution in [0.4, 0.5) is 0 Å². The topological polar surface area (TPSA) is 12.0 Å². The lowest BCUT2D eigenvalue weighted by Gasteiger charge is -2.54. The predicted octanol–water partition coefficient (Wildman–Crippen LogP) is 3.20. The highest BCUT2D eigenvalue weighted by Crippen LogP contribution is 2.53. The highest BCUT2D eigenvalue weighted by atomic mass is 14.9. The van der Waals surface area contributed by atoms with Gasteiger partial charge in [-0.25, -0.2) is 0 Å². The zero-order valence-electron chi connectivity index (χ0n) is 10.0. The van der Waals surface area contributed by atoms with Crippen LogP contribution in [0.2, 0.25) is 0 Å². The summed E-state index contributed by atoms with van der Waals surface area (Å²) in [5.41, 5.74) is 0. The van der Waals surface area contributed by atoms with Gasteiger partial charge in [-0.05, 0) is 68.7 Å². The summed E-state index contributed by atoms with van der Waals surface area (Å²) < 4.78 is 0. The quantitative estimate of drug-likeness (QED) is 0.698. The summed E-state index contributed by atoms with van der Waals surface area (Å²) in [6.45, 7) is 3.56. The van der Waals surface area contributed by atoms with Gasteiger partial charge in [-0.3, -0.25) is 0 Å². The lowest BCUT2D eigenvalue weighted by atomic mass is 9.54. The Hall–Kier alpha value is -0.0400. The van der Waals surface area contributed by atoms with Gasteiger partial charge in [0.15, 0.2) is 0 Å². The number of nitrogens with one attached hydrogen (secondary N) is 1. The second-order valence-corrected chi connectivity index (χ2v) is 6.26. The van der Waals surface area contributed by atoms with Gasteiger partial charge in [0.05, 0.1) is 0 Å². The van der Waals surface area contributed by atoms with E-state index in [1.165, 1.54) is 19.4 Å². The van der Waals surface area contributed by atoms with E-state index in [2.05, 4.69) is 12.2 Å². The molecule has 0 radical (unpaired) electrons. The smallest absolute Gasteiger partial charge is 0.0124 e. The molecule has 0 amide bonds. The Kier molecular flexibility index (Phi) is 2.76. The molecule has 0 aromatic rings. The van der Waals surface area contributed by atoms with Gasteiger partial charge in [-0.1, -0.05) is 13.3 Å². The molecule has 4 aliphatic carbocycles. The van der Waals surface area contributed by atoms with Crippen LogP contribution in [0.25, 0.3) is 0 Å². The van der Waals surface area contributed by atoms with E-state index < -0.39 is 0 Å². The molecule has 4 rings (SSSR count). The van der Waals surface area contributed by atoms with Crippen molar-refractivity contribution in [1.29, 1.82) is 0 Å². The van der Waals surface area contributed by atoms with Gasteiger partial charge in [-0.15, -0.1) is 0 Å². The number of hydrogen-bond acceptors (Lipinski definition) is 1. The molecule has 0 unspecified atom stereocenters. The van der Waals surface area contributed by atoms with Gasteiger partial charge >= 0.3 is 0 Å². The largest absolute Gasteiger partial charge is 0.313 e. The first kappa shape index (κ1) is 10.1. The van der Waals surface area contributed by atoms with Crippen LogP contribution >= 0.6 is 0 Å². The van der Waals surface area contributed by atoms with Crippen molar-refractivity contribution >= 4 is 0 Å².